The summed E-state index contributed by atoms with van der Waals surface area (Å²) in [5.74, 6) is 0. The quantitative estimate of drug-likeness (QED) is 0.742. The van der Waals surface area contributed by atoms with Gasteiger partial charge in [0.1, 0.15) is 5.52 Å². The Kier molecular flexibility index (Phi) is 2.50. The van der Waals surface area contributed by atoms with Crippen molar-refractivity contribution in [2.45, 2.75) is 6.54 Å². The van der Waals surface area contributed by atoms with Gasteiger partial charge < -0.3 is 15.5 Å². The third kappa shape index (κ3) is 2.00. The van der Waals surface area contributed by atoms with Crippen LogP contribution in [0, 0.1) is 0 Å². The molecule has 0 radical (unpaired) electrons. The summed E-state index contributed by atoms with van der Waals surface area (Å²) in [6.45, 7) is 0.514. The van der Waals surface area contributed by atoms with Gasteiger partial charge in [-0.05, 0) is 12.1 Å². The zero-order valence-corrected chi connectivity index (χ0v) is 9.70. The number of hydrogen-bond acceptors (Lipinski definition) is 6. The highest BCUT2D eigenvalue weighted by Crippen LogP contribution is 2.24. The van der Waals surface area contributed by atoms with E-state index < -0.39 is 0 Å². The Labute approximate surface area is 101 Å². The number of benzene rings is 1. The van der Waals surface area contributed by atoms with Crippen LogP contribution in [0.15, 0.2) is 35.2 Å². The Morgan fingerprint density at radius 2 is 2.29 bits per heavy atom. The van der Waals surface area contributed by atoms with Crippen LogP contribution in [0.2, 0.25) is 0 Å². The molecular weight excluding hydrogens is 236 g/mol. The summed E-state index contributed by atoms with van der Waals surface area (Å²) in [6, 6.07) is 5.73. The van der Waals surface area contributed by atoms with Gasteiger partial charge in [-0.15, -0.1) is 11.3 Å². The van der Waals surface area contributed by atoms with E-state index in [0.717, 1.165) is 26.8 Å². The molecule has 0 bridgehead atoms. The van der Waals surface area contributed by atoms with Gasteiger partial charge in [0.25, 0.3) is 0 Å². The molecule has 0 amide bonds. The molecule has 6 heteroatoms. The van der Waals surface area contributed by atoms with Crippen molar-refractivity contribution in [3.8, 4) is 0 Å². The summed E-state index contributed by atoms with van der Waals surface area (Å²) in [4.78, 5) is 9.34. The number of thiazole rings is 1. The largest absolute Gasteiger partial charge is 0.443 e. The Morgan fingerprint density at radius 1 is 1.35 bits per heavy atom. The number of nitrogens with two attached hydrogens (primary N) is 1. The molecule has 0 aliphatic rings. The van der Waals surface area contributed by atoms with E-state index in [0.29, 0.717) is 6.54 Å². The van der Waals surface area contributed by atoms with Crippen LogP contribution in [0.25, 0.3) is 11.1 Å². The molecule has 0 unspecified atom stereocenters. The van der Waals surface area contributed by atoms with E-state index in [1.54, 1.807) is 17.5 Å². The molecular formula is C11H10N4OS. The van der Waals surface area contributed by atoms with Crippen molar-refractivity contribution in [3.05, 3.63) is 35.7 Å². The number of oxazole rings is 1. The van der Waals surface area contributed by atoms with Crippen LogP contribution in [-0.4, -0.2) is 9.97 Å². The van der Waals surface area contributed by atoms with Gasteiger partial charge in [-0.3, -0.25) is 0 Å². The summed E-state index contributed by atoms with van der Waals surface area (Å²) in [6.07, 6.45) is 3.21. The van der Waals surface area contributed by atoms with Crippen LogP contribution >= 0.6 is 11.3 Å². The second-order valence-electron chi connectivity index (χ2n) is 3.50. The van der Waals surface area contributed by atoms with Gasteiger partial charge in [-0.2, -0.15) is 0 Å². The summed E-state index contributed by atoms with van der Waals surface area (Å²) in [5.41, 5.74) is 8.06. The van der Waals surface area contributed by atoms with E-state index in [2.05, 4.69) is 15.3 Å². The van der Waals surface area contributed by atoms with Crippen LogP contribution < -0.4 is 11.1 Å². The molecule has 0 saturated carbocycles. The minimum Gasteiger partial charge on any atom is -0.443 e. The maximum absolute atomic E-state index is 5.54. The maximum Gasteiger partial charge on any atom is 0.187 e. The summed E-state index contributed by atoms with van der Waals surface area (Å²) in [7, 11) is 0. The first-order valence-electron chi connectivity index (χ1n) is 5.10. The highest BCUT2D eigenvalue weighted by Gasteiger charge is 2.03. The molecule has 0 aliphatic carbocycles. The molecule has 3 rings (SSSR count). The molecule has 86 valence electrons. The van der Waals surface area contributed by atoms with Crippen LogP contribution in [0.4, 0.5) is 10.8 Å². The van der Waals surface area contributed by atoms with E-state index >= 15 is 0 Å². The van der Waals surface area contributed by atoms with E-state index in [4.69, 9.17) is 10.2 Å². The van der Waals surface area contributed by atoms with Gasteiger partial charge >= 0.3 is 0 Å². The van der Waals surface area contributed by atoms with Crippen LogP contribution in [-0.2, 0) is 6.54 Å². The predicted molar refractivity (Wildman–Crippen MR) is 67.3 cm³/mol. The Hall–Kier alpha value is -1.92. The van der Waals surface area contributed by atoms with Crippen molar-refractivity contribution < 1.29 is 4.42 Å². The number of hydrogen-bond donors (Lipinski definition) is 2. The zero-order chi connectivity index (χ0) is 11.7. The second kappa shape index (κ2) is 4.15. The van der Waals surface area contributed by atoms with Crippen molar-refractivity contribution >= 4 is 33.3 Å². The highest BCUT2D eigenvalue weighted by atomic mass is 32.1. The van der Waals surface area contributed by atoms with Crippen molar-refractivity contribution in [2.24, 2.45) is 5.73 Å². The molecule has 2 aromatic heterocycles. The van der Waals surface area contributed by atoms with Crippen molar-refractivity contribution in [3.63, 3.8) is 0 Å². The van der Waals surface area contributed by atoms with Crippen molar-refractivity contribution in [1.29, 1.82) is 0 Å². The molecule has 3 aromatic rings. The SMILES string of the molecule is NCc1cnc(Nc2ccc3ncoc3c2)s1. The number of rotatable bonds is 3. The molecule has 0 saturated heterocycles. The van der Waals surface area contributed by atoms with E-state index in [9.17, 15) is 0 Å². The molecule has 5 nitrogen and oxygen atoms in total. The molecule has 0 aliphatic heterocycles. The van der Waals surface area contributed by atoms with Crippen LogP contribution in [0.3, 0.4) is 0 Å². The lowest BCUT2D eigenvalue weighted by atomic mass is 10.3. The number of fused-ring (bicyclic) bond motifs is 1. The Balaban J connectivity index is 1.88. The Morgan fingerprint density at radius 3 is 3.12 bits per heavy atom. The standard InChI is InChI=1S/C11H10N4OS/c12-4-8-5-13-11(17-8)15-7-1-2-9-10(3-7)16-6-14-9/h1-3,5-6H,4,12H2,(H,13,15). The fourth-order valence-electron chi connectivity index (χ4n) is 1.52. The third-order valence-corrected chi connectivity index (χ3v) is 3.27. The molecule has 3 N–H and O–H groups in total. The van der Waals surface area contributed by atoms with Gasteiger partial charge in [0.2, 0.25) is 0 Å². The maximum atomic E-state index is 5.54. The summed E-state index contributed by atoms with van der Waals surface area (Å²) >= 11 is 1.54. The fourth-order valence-corrected chi connectivity index (χ4v) is 2.23. The first-order chi connectivity index (χ1) is 8.35. The molecule has 0 spiro atoms. The molecule has 17 heavy (non-hydrogen) atoms. The van der Waals surface area contributed by atoms with Crippen molar-refractivity contribution in [1.82, 2.24) is 9.97 Å². The van der Waals surface area contributed by atoms with Gasteiger partial charge in [-0.25, -0.2) is 9.97 Å². The highest BCUT2D eigenvalue weighted by molar-refractivity contribution is 7.15. The van der Waals surface area contributed by atoms with Gasteiger partial charge in [0.05, 0.1) is 0 Å². The topological polar surface area (TPSA) is 77.0 Å². The average Bonchev–Trinajstić information content (AvgIpc) is 2.96. The lowest BCUT2D eigenvalue weighted by molar-refractivity contribution is 0.602. The van der Waals surface area contributed by atoms with Gasteiger partial charge in [0, 0.05) is 29.4 Å². The predicted octanol–water partition coefficient (Wildman–Crippen LogP) is 2.49. The number of aromatic nitrogens is 2. The van der Waals surface area contributed by atoms with Crippen molar-refractivity contribution in [2.75, 3.05) is 5.32 Å². The lowest BCUT2D eigenvalue weighted by Gasteiger charge is -2.00. The minimum absolute atomic E-state index is 0.514. The van der Waals surface area contributed by atoms with Crippen LogP contribution in [0.5, 0.6) is 0 Å². The zero-order valence-electron chi connectivity index (χ0n) is 8.88. The van der Waals surface area contributed by atoms with E-state index in [-0.39, 0.29) is 0 Å². The molecule has 0 fully saturated rings. The minimum atomic E-state index is 0.514. The Bertz CT molecular complexity index is 646. The summed E-state index contributed by atoms with van der Waals surface area (Å²) < 4.78 is 5.23. The van der Waals surface area contributed by atoms with E-state index in [1.165, 1.54) is 6.39 Å². The number of nitrogens with zero attached hydrogens (tertiary/aromatic N) is 2. The third-order valence-electron chi connectivity index (χ3n) is 2.34. The number of nitrogens with one attached hydrogen (secondary N) is 1. The molecule has 0 atom stereocenters. The van der Waals surface area contributed by atoms with Gasteiger partial charge in [-0.1, -0.05) is 0 Å². The van der Waals surface area contributed by atoms with Crippen LogP contribution in [0.1, 0.15) is 4.88 Å². The molecule has 1 aromatic carbocycles. The molecule has 2 heterocycles. The fraction of sp³-hybridized carbons (Fsp3) is 0.0909. The monoisotopic (exact) mass is 246 g/mol. The lowest BCUT2D eigenvalue weighted by Crippen LogP contribution is -1.91. The number of anilines is 2. The first-order valence-corrected chi connectivity index (χ1v) is 5.92. The van der Waals surface area contributed by atoms with Gasteiger partial charge in [0.15, 0.2) is 17.1 Å². The first kappa shape index (κ1) is 10.2. The normalized spacial score (nSPS) is 10.9. The summed E-state index contributed by atoms with van der Waals surface area (Å²) in [5, 5.41) is 4.03. The second-order valence-corrected chi connectivity index (χ2v) is 4.61. The average molecular weight is 246 g/mol. The smallest absolute Gasteiger partial charge is 0.187 e. The van der Waals surface area contributed by atoms with E-state index in [1.807, 2.05) is 18.2 Å².